The lowest BCUT2D eigenvalue weighted by Crippen LogP contribution is -2.36. The number of ether oxygens (including phenoxy) is 2. The maximum atomic E-state index is 13.8. The number of carbonyl (C=O) groups is 1. The molecule has 2 heterocycles. The quantitative estimate of drug-likeness (QED) is 0.787. The summed E-state index contributed by atoms with van der Waals surface area (Å²) in [5.41, 5.74) is 1.55. The third kappa shape index (κ3) is 4.18. The van der Waals surface area contributed by atoms with E-state index in [1.54, 1.807) is 44.6 Å². The van der Waals surface area contributed by atoms with Crippen molar-refractivity contribution in [2.45, 2.75) is 6.04 Å². The van der Waals surface area contributed by atoms with Crippen molar-refractivity contribution in [1.82, 2.24) is 9.80 Å². The summed E-state index contributed by atoms with van der Waals surface area (Å²) < 4.78 is 24.4. The van der Waals surface area contributed by atoms with Gasteiger partial charge in [-0.3, -0.25) is 4.90 Å². The Kier molecular flexibility index (Phi) is 6.73. The van der Waals surface area contributed by atoms with Crippen LogP contribution < -0.4 is 14.8 Å². The molecule has 2 aliphatic rings. The van der Waals surface area contributed by atoms with Crippen LogP contribution in [0.4, 0.5) is 14.9 Å². The van der Waals surface area contributed by atoms with Crippen LogP contribution in [0.25, 0.3) is 0 Å². The van der Waals surface area contributed by atoms with E-state index in [0.717, 1.165) is 12.1 Å². The largest absolute Gasteiger partial charge is 0.497 e. The van der Waals surface area contributed by atoms with Gasteiger partial charge in [0.1, 0.15) is 17.3 Å². The molecule has 4 rings (SSSR count). The monoisotopic (exact) mass is 435 g/mol. The molecule has 2 aromatic carbocycles. The fraction of sp³-hybridized carbons (Fsp3) is 0.409. The second kappa shape index (κ2) is 9.10. The van der Waals surface area contributed by atoms with Crippen LogP contribution in [0, 0.1) is 17.7 Å². The van der Waals surface area contributed by atoms with E-state index < -0.39 is 0 Å². The van der Waals surface area contributed by atoms with Gasteiger partial charge in [-0.2, -0.15) is 0 Å². The van der Waals surface area contributed by atoms with Gasteiger partial charge >= 0.3 is 6.03 Å². The maximum Gasteiger partial charge on any atom is 0.321 e. The van der Waals surface area contributed by atoms with E-state index in [0.29, 0.717) is 36.2 Å². The van der Waals surface area contributed by atoms with Crippen LogP contribution in [0.15, 0.2) is 42.5 Å². The summed E-state index contributed by atoms with van der Waals surface area (Å²) in [5.74, 6) is 1.64. The molecule has 0 spiro atoms. The summed E-state index contributed by atoms with van der Waals surface area (Å²) in [5, 5.41) is 2.95. The van der Waals surface area contributed by atoms with Gasteiger partial charge in [-0.15, -0.1) is 12.4 Å². The van der Waals surface area contributed by atoms with E-state index in [1.807, 2.05) is 11.0 Å². The zero-order chi connectivity index (χ0) is 20.5. The van der Waals surface area contributed by atoms with E-state index in [1.165, 1.54) is 6.07 Å². The number of hydrogen-bond acceptors (Lipinski definition) is 4. The topological polar surface area (TPSA) is 54.0 Å². The Morgan fingerprint density at radius 3 is 2.60 bits per heavy atom. The lowest BCUT2D eigenvalue weighted by molar-refractivity contribution is 0.205. The van der Waals surface area contributed by atoms with E-state index in [2.05, 4.69) is 17.3 Å². The zero-order valence-corrected chi connectivity index (χ0v) is 18.1. The number of fused-ring (bicyclic) bond motifs is 1. The van der Waals surface area contributed by atoms with E-state index in [-0.39, 0.29) is 36.2 Å². The van der Waals surface area contributed by atoms with E-state index in [4.69, 9.17) is 9.47 Å². The lowest BCUT2D eigenvalue weighted by Gasteiger charge is -2.27. The van der Waals surface area contributed by atoms with Crippen molar-refractivity contribution in [3.8, 4) is 11.5 Å². The number of anilines is 1. The summed E-state index contributed by atoms with van der Waals surface area (Å²) in [6, 6.07) is 12.0. The highest BCUT2D eigenvalue weighted by Gasteiger charge is 2.47. The van der Waals surface area contributed by atoms with Crippen molar-refractivity contribution >= 4 is 24.1 Å². The molecule has 0 aromatic heterocycles. The maximum absolute atomic E-state index is 13.8. The fourth-order valence-corrected chi connectivity index (χ4v) is 4.72. The van der Waals surface area contributed by atoms with Crippen molar-refractivity contribution in [3.05, 3.63) is 53.8 Å². The Labute approximate surface area is 182 Å². The molecule has 2 fully saturated rings. The number of likely N-dealkylation sites (tertiary alicyclic amines) is 2. The molecule has 6 nitrogen and oxygen atoms in total. The van der Waals surface area contributed by atoms with E-state index >= 15 is 0 Å². The number of rotatable bonds is 4. The van der Waals surface area contributed by atoms with Crippen LogP contribution in [-0.2, 0) is 0 Å². The van der Waals surface area contributed by atoms with Crippen molar-refractivity contribution in [1.29, 1.82) is 0 Å². The average Bonchev–Trinajstić information content (AvgIpc) is 3.24. The van der Waals surface area contributed by atoms with Crippen LogP contribution in [-0.4, -0.2) is 56.7 Å². The number of hydrogen-bond donors (Lipinski definition) is 1. The predicted molar refractivity (Wildman–Crippen MR) is 116 cm³/mol. The van der Waals surface area contributed by atoms with Gasteiger partial charge in [0.2, 0.25) is 0 Å². The molecule has 0 aliphatic carbocycles. The van der Waals surface area contributed by atoms with Gasteiger partial charge in [0, 0.05) is 37.7 Å². The molecule has 3 atom stereocenters. The Balaban J connectivity index is 0.00000256. The Morgan fingerprint density at radius 1 is 1.10 bits per heavy atom. The van der Waals surface area contributed by atoms with Crippen LogP contribution >= 0.6 is 12.4 Å². The number of urea groups is 1. The van der Waals surface area contributed by atoms with Gasteiger partial charge in [-0.25, -0.2) is 9.18 Å². The zero-order valence-electron chi connectivity index (χ0n) is 17.3. The first kappa shape index (κ1) is 22.2. The second-order valence-electron chi connectivity index (χ2n) is 7.76. The molecule has 0 bridgehead atoms. The molecule has 0 saturated carbocycles. The number of nitrogens with one attached hydrogen (secondary N) is 1. The van der Waals surface area contributed by atoms with Crippen molar-refractivity contribution in [2.75, 3.05) is 46.2 Å². The summed E-state index contributed by atoms with van der Waals surface area (Å²) >= 11 is 0. The highest BCUT2D eigenvalue weighted by atomic mass is 35.5. The number of nitrogens with zero attached hydrogens (tertiary/aromatic N) is 2. The van der Waals surface area contributed by atoms with Gasteiger partial charge < -0.3 is 19.7 Å². The van der Waals surface area contributed by atoms with Crippen LogP contribution in [0.5, 0.6) is 11.5 Å². The summed E-state index contributed by atoms with van der Waals surface area (Å²) in [4.78, 5) is 17.0. The summed E-state index contributed by atoms with van der Waals surface area (Å²) in [6.45, 7) is 2.20. The van der Waals surface area contributed by atoms with Crippen molar-refractivity contribution in [2.24, 2.45) is 11.8 Å². The molecule has 1 N–H and O–H groups in total. The number of benzene rings is 2. The first-order chi connectivity index (χ1) is 14.0. The standard InChI is InChI=1S/C22H26FN3O3.ClH/c1-25-11-15-12-26(13-18(15)21(25)14-5-4-6-16(23)9-14)22(27)24-19-10-17(28-2)7-8-20(19)29-3;/h4-10,15,18,21H,11-13H2,1-3H3,(H,24,27);1H/t15-,18+,21-;/m0./s1. The van der Waals surface area contributed by atoms with Crippen LogP contribution in [0.2, 0.25) is 0 Å². The first-order valence-electron chi connectivity index (χ1n) is 9.74. The molecule has 0 radical (unpaired) electrons. The molecular formula is C22H27ClFN3O3. The smallest absolute Gasteiger partial charge is 0.321 e. The molecule has 2 saturated heterocycles. The minimum absolute atomic E-state index is 0. The SMILES string of the molecule is COc1ccc(OC)c(NC(=O)N2C[C@@H]3CN(C)[C@@H](c4cccc(F)c4)[C@@H]3C2)c1.Cl. The molecule has 2 aromatic rings. The molecule has 162 valence electrons. The number of carbonyl (C=O) groups excluding carboxylic acids is 1. The molecular weight excluding hydrogens is 409 g/mol. The molecule has 0 unspecified atom stereocenters. The molecule has 30 heavy (non-hydrogen) atoms. The third-order valence-electron chi connectivity index (χ3n) is 6.02. The highest BCUT2D eigenvalue weighted by molar-refractivity contribution is 5.91. The fourth-order valence-electron chi connectivity index (χ4n) is 4.72. The third-order valence-corrected chi connectivity index (χ3v) is 6.02. The molecule has 2 aliphatic heterocycles. The van der Waals surface area contributed by atoms with Gasteiger partial charge in [0.25, 0.3) is 0 Å². The Hall–Kier alpha value is -2.51. The lowest BCUT2D eigenvalue weighted by atomic mass is 9.89. The minimum Gasteiger partial charge on any atom is -0.497 e. The van der Waals surface area contributed by atoms with Gasteiger partial charge in [-0.1, -0.05) is 12.1 Å². The highest BCUT2D eigenvalue weighted by Crippen LogP contribution is 2.44. The number of methoxy groups -OCH3 is 2. The van der Waals surface area contributed by atoms with Gasteiger partial charge in [-0.05, 0) is 42.8 Å². The van der Waals surface area contributed by atoms with Crippen LogP contribution in [0.1, 0.15) is 11.6 Å². The van der Waals surface area contributed by atoms with Gasteiger partial charge in [0.15, 0.2) is 0 Å². The van der Waals surface area contributed by atoms with Crippen LogP contribution in [0.3, 0.4) is 0 Å². The van der Waals surface area contributed by atoms with Crippen molar-refractivity contribution < 1.29 is 18.7 Å². The van der Waals surface area contributed by atoms with E-state index in [9.17, 15) is 9.18 Å². The van der Waals surface area contributed by atoms with Crippen molar-refractivity contribution in [3.63, 3.8) is 0 Å². The summed E-state index contributed by atoms with van der Waals surface area (Å²) in [6.07, 6.45) is 0. The predicted octanol–water partition coefficient (Wildman–Crippen LogP) is 4.03. The Bertz CT molecular complexity index is 913. The summed E-state index contributed by atoms with van der Waals surface area (Å²) in [7, 11) is 5.22. The minimum atomic E-state index is -0.225. The first-order valence-corrected chi connectivity index (χ1v) is 9.74. The molecule has 2 amide bonds. The average molecular weight is 436 g/mol. The number of amides is 2. The Morgan fingerprint density at radius 2 is 1.90 bits per heavy atom. The normalized spacial score (nSPS) is 22.9. The van der Waals surface area contributed by atoms with Gasteiger partial charge in [0.05, 0.1) is 19.9 Å². The number of halogens is 2. The second-order valence-corrected chi connectivity index (χ2v) is 7.76. The molecule has 8 heteroatoms.